The van der Waals surface area contributed by atoms with Gasteiger partial charge in [-0.1, -0.05) is 58.4 Å². The Hall–Kier alpha value is -0.560. The van der Waals surface area contributed by atoms with Gasteiger partial charge >= 0.3 is 0 Å². The topological polar surface area (TPSA) is 20.2 Å². The zero-order valence-electron chi connectivity index (χ0n) is 19.8. The molecule has 0 aliphatic heterocycles. The van der Waals surface area contributed by atoms with Crippen molar-refractivity contribution < 1.29 is 5.11 Å². The van der Waals surface area contributed by atoms with Gasteiger partial charge in [-0.15, -0.1) is 0 Å². The van der Waals surface area contributed by atoms with E-state index < -0.39 is 0 Å². The molecule has 0 saturated heterocycles. The Labute approximate surface area is 180 Å². The smallest absolute Gasteiger partial charge is 0.0543 e. The van der Waals surface area contributed by atoms with Gasteiger partial charge in [-0.2, -0.15) is 0 Å². The maximum absolute atomic E-state index is 10.2. The molecule has 0 aromatic rings. The molecule has 0 heterocycles. The molecule has 0 aromatic carbocycles. The van der Waals surface area contributed by atoms with Crippen LogP contribution < -0.4 is 0 Å². The van der Waals surface area contributed by atoms with Gasteiger partial charge in [0.25, 0.3) is 0 Å². The van der Waals surface area contributed by atoms with E-state index >= 15 is 0 Å². The largest absolute Gasteiger partial charge is 0.393 e. The molecule has 1 heteroatoms. The number of rotatable bonds is 5. The summed E-state index contributed by atoms with van der Waals surface area (Å²) in [6, 6.07) is 0. The van der Waals surface area contributed by atoms with Gasteiger partial charge < -0.3 is 5.11 Å². The lowest BCUT2D eigenvalue weighted by Gasteiger charge is -2.57. The summed E-state index contributed by atoms with van der Waals surface area (Å²) in [5.41, 5.74) is 4.26. The van der Waals surface area contributed by atoms with E-state index in [1.165, 1.54) is 56.9 Å². The average Bonchev–Trinajstić information content (AvgIpc) is 3.03. The lowest BCUT2D eigenvalue weighted by atomic mass is 9.47. The molecule has 4 aliphatic carbocycles. The van der Waals surface area contributed by atoms with Crippen molar-refractivity contribution in [1.29, 1.82) is 0 Å². The molecule has 4 aliphatic rings. The van der Waals surface area contributed by atoms with E-state index in [9.17, 15) is 5.11 Å². The fourth-order valence-electron chi connectivity index (χ4n) is 8.37. The lowest BCUT2D eigenvalue weighted by molar-refractivity contribution is -0.0427. The third kappa shape index (κ3) is 3.58. The SMILES string of the molecule is C=C(CC[C@@H](C)[C@H]1CCC2C3=CC[C@H]4C[C@@H](O)CC[C@]4(C)C3CC[C@@]21C)C(C)C. The lowest BCUT2D eigenvalue weighted by Crippen LogP contribution is -2.49. The third-order valence-electron chi connectivity index (χ3n) is 10.5. The average molecular weight is 399 g/mol. The van der Waals surface area contributed by atoms with Crippen LogP contribution in [-0.4, -0.2) is 11.2 Å². The summed E-state index contributed by atoms with van der Waals surface area (Å²) in [4.78, 5) is 0. The summed E-state index contributed by atoms with van der Waals surface area (Å²) < 4.78 is 0. The van der Waals surface area contributed by atoms with E-state index in [4.69, 9.17) is 0 Å². The minimum absolute atomic E-state index is 0.0471. The van der Waals surface area contributed by atoms with Crippen LogP contribution in [0.4, 0.5) is 0 Å². The highest BCUT2D eigenvalue weighted by atomic mass is 16.3. The third-order valence-corrected chi connectivity index (χ3v) is 10.5. The van der Waals surface area contributed by atoms with Crippen LogP contribution in [-0.2, 0) is 0 Å². The molecule has 3 fully saturated rings. The van der Waals surface area contributed by atoms with Crippen molar-refractivity contribution in [3.05, 3.63) is 23.8 Å². The first-order chi connectivity index (χ1) is 13.7. The number of hydrogen-bond donors (Lipinski definition) is 1. The Morgan fingerprint density at radius 1 is 1.07 bits per heavy atom. The zero-order chi connectivity index (χ0) is 21.0. The molecule has 0 radical (unpaired) electrons. The second-order valence-electron chi connectivity index (χ2n) is 12.2. The van der Waals surface area contributed by atoms with Crippen molar-refractivity contribution in [2.24, 2.45) is 46.3 Å². The molecule has 164 valence electrons. The normalized spacial score (nSPS) is 45.2. The van der Waals surface area contributed by atoms with Crippen LogP contribution in [0.3, 0.4) is 0 Å². The second-order valence-corrected chi connectivity index (χ2v) is 12.2. The van der Waals surface area contributed by atoms with E-state index in [1.54, 1.807) is 0 Å². The van der Waals surface area contributed by atoms with Crippen LogP contribution >= 0.6 is 0 Å². The Kier molecular flexibility index (Phi) is 5.86. The molecular formula is C28H46O. The number of hydrogen-bond acceptors (Lipinski definition) is 1. The van der Waals surface area contributed by atoms with E-state index in [0.717, 1.165) is 36.5 Å². The summed E-state index contributed by atoms with van der Waals surface area (Å²) >= 11 is 0. The first-order valence-corrected chi connectivity index (χ1v) is 12.7. The molecule has 2 unspecified atom stereocenters. The Morgan fingerprint density at radius 2 is 1.76 bits per heavy atom. The monoisotopic (exact) mass is 398 g/mol. The van der Waals surface area contributed by atoms with Gasteiger partial charge in [-0.25, -0.2) is 0 Å². The van der Waals surface area contributed by atoms with Gasteiger partial charge in [0, 0.05) is 0 Å². The minimum atomic E-state index is -0.0471. The summed E-state index contributed by atoms with van der Waals surface area (Å²) in [6.45, 7) is 16.7. The van der Waals surface area contributed by atoms with E-state index in [2.05, 4.69) is 47.3 Å². The molecule has 1 N–H and O–H groups in total. The molecule has 0 amide bonds. The number of aliphatic hydroxyl groups excluding tert-OH is 1. The predicted octanol–water partition coefficient (Wildman–Crippen LogP) is 7.55. The molecule has 0 spiro atoms. The van der Waals surface area contributed by atoms with Crippen LogP contribution in [0.5, 0.6) is 0 Å². The first kappa shape index (κ1) is 21.7. The Morgan fingerprint density at radius 3 is 2.48 bits per heavy atom. The fourth-order valence-corrected chi connectivity index (χ4v) is 8.37. The standard InChI is InChI=1S/C28H46O/c1-18(2)19(3)7-8-20(4)24-11-12-25-23-10-9-21-17-22(29)13-15-27(21,5)26(23)14-16-28(24,25)6/h10,18,20-22,24-26,29H,3,7-9,11-17H2,1-2,4-6H3/t20-,21+,22+,24-,25?,26?,27+,28-/m1/s1. The highest BCUT2D eigenvalue weighted by Gasteiger charge is 2.58. The molecular weight excluding hydrogens is 352 g/mol. The van der Waals surface area contributed by atoms with Crippen LogP contribution in [0.1, 0.15) is 98.8 Å². The van der Waals surface area contributed by atoms with Gasteiger partial charge in [-0.3, -0.25) is 0 Å². The highest BCUT2D eigenvalue weighted by Crippen LogP contribution is 2.66. The molecule has 29 heavy (non-hydrogen) atoms. The van der Waals surface area contributed by atoms with Crippen molar-refractivity contribution in [2.45, 2.75) is 105 Å². The van der Waals surface area contributed by atoms with Crippen molar-refractivity contribution in [3.8, 4) is 0 Å². The number of fused-ring (bicyclic) bond motifs is 5. The summed E-state index contributed by atoms with van der Waals surface area (Å²) in [6.07, 6.45) is 15.3. The number of allylic oxidation sites excluding steroid dienone is 3. The summed E-state index contributed by atoms with van der Waals surface area (Å²) in [5.74, 6) is 4.65. The van der Waals surface area contributed by atoms with E-state index in [-0.39, 0.29) is 6.10 Å². The zero-order valence-corrected chi connectivity index (χ0v) is 19.8. The molecule has 0 aromatic heterocycles. The van der Waals surface area contributed by atoms with Gasteiger partial charge in [0.05, 0.1) is 6.10 Å². The fraction of sp³-hybridized carbons (Fsp3) is 0.857. The van der Waals surface area contributed by atoms with Crippen molar-refractivity contribution >= 4 is 0 Å². The van der Waals surface area contributed by atoms with Crippen LogP contribution in [0.25, 0.3) is 0 Å². The van der Waals surface area contributed by atoms with Crippen LogP contribution in [0.15, 0.2) is 23.8 Å². The van der Waals surface area contributed by atoms with Gasteiger partial charge in [0.2, 0.25) is 0 Å². The molecule has 4 rings (SSSR count). The molecule has 3 saturated carbocycles. The van der Waals surface area contributed by atoms with Gasteiger partial charge in [-0.05, 0) is 111 Å². The maximum atomic E-state index is 10.2. The van der Waals surface area contributed by atoms with Crippen LogP contribution in [0.2, 0.25) is 0 Å². The predicted molar refractivity (Wildman–Crippen MR) is 124 cm³/mol. The molecule has 8 atom stereocenters. The van der Waals surface area contributed by atoms with Gasteiger partial charge in [0.1, 0.15) is 0 Å². The first-order valence-electron chi connectivity index (χ1n) is 12.7. The summed E-state index contributed by atoms with van der Waals surface area (Å²) in [5, 5.41) is 10.2. The number of aliphatic hydroxyl groups is 1. The van der Waals surface area contributed by atoms with E-state index in [0.29, 0.717) is 22.7 Å². The highest BCUT2D eigenvalue weighted by molar-refractivity contribution is 5.27. The maximum Gasteiger partial charge on any atom is 0.0543 e. The minimum Gasteiger partial charge on any atom is -0.393 e. The Balaban J connectivity index is 1.50. The molecule has 1 nitrogen and oxygen atoms in total. The van der Waals surface area contributed by atoms with Crippen molar-refractivity contribution in [1.82, 2.24) is 0 Å². The molecule has 0 bridgehead atoms. The second kappa shape index (κ2) is 7.85. The quantitative estimate of drug-likeness (QED) is 0.474. The van der Waals surface area contributed by atoms with E-state index in [1.807, 2.05) is 5.57 Å². The van der Waals surface area contributed by atoms with Crippen LogP contribution in [0, 0.1) is 46.3 Å². The Bertz CT molecular complexity index is 659. The van der Waals surface area contributed by atoms with Crippen molar-refractivity contribution in [3.63, 3.8) is 0 Å². The van der Waals surface area contributed by atoms with Gasteiger partial charge in [0.15, 0.2) is 0 Å². The summed E-state index contributed by atoms with van der Waals surface area (Å²) in [7, 11) is 0. The van der Waals surface area contributed by atoms with Crippen molar-refractivity contribution in [2.75, 3.05) is 0 Å².